The molecule has 2 unspecified atom stereocenters. The van der Waals surface area contributed by atoms with Gasteiger partial charge >= 0.3 is 0 Å². The maximum absolute atomic E-state index is 6.29. The summed E-state index contributed by atoms with van der Waals surface area (Å²) in [6.07, 6.45) is 13.8. The van der Waals surface area contributed by atoms with Gasteiger partial charge in [-0.1, -0.05) is 58.8 Å². The Balaban J connectivity index is 2.53. The van der Waals surface area contributed by atoms with Crippen LogP contribution in [-0.2, 0) is 18.9 Å². The largest absolute Gasteiger partial charge is 0.379 e. The van der Waals surface area contributed by atoms with Crippen molar-refractivity contribution in [3.05, 3.63) is 0 Å². The van der Waals surface area contributed by atoms with Crippen molar-refractivity contribution in [2.45, 2.75) is 110 Å². The van der Waals surface area contributed by atoms with Gasteiger partial charge in [0.1, 0.15) is 6.10 Å². The third-order valence-corrected chi connectivity index (χ3v) is 5.45. The van der Waals surface area contributed by atoms with Crippen LogP contribution in [0.25, 0.3) is 0 Å². The summed E-state index contributed by atoms with van der Waals surface area (Å²) >= 11 is 0. The summed E-state index contributed by atoms with van der Waals surface area (Å²) in [5, 5.41) is 0. The van der Waals surface area contributed by atoms with E-state index < -0.39 is 5.79 Å². The SMILES string of the molecule is CCCCCCCCC(CCCOCC1CO1)C(CCC)(OCC)OCC. The molecule has 0 N–H and O–H groups in total. The minimum Gasteiger partial charge on any atom is -0.379 e. The molecule has 0 saturated carbocycles. The lowest BCUT2D eigenvalue weighted by atomic mass is 9.85. The van der Waals surface area contributed by atoms with Crippen LogP contribution >= 0.6 is 0 Å². The van der Waals surface area contributed by atoms with Crippen molar-refractivity contribution in [2.75, 3.05) is 33.0 Å². The molecular weight excluding hydrogens is 340 g/mol. The standard InChI is InChI=1S/C23H46O4/c1-5-9-10-11-12-13-15-21(16-14-18-24-19-22-20-25-22)23(17-6-2,26-7-3)27-8-4/h21-22H,5-20H2,1-4H3. The third kappa shape index (κ3) is 10.8. The lowest BCUT2D eigenvalue weighted by Gasteiger charge is -2.40. The first-order valence-corrected chi connectivity index (χ1v) is 11.7. The zero-order valence-corrected chi connectivity index (χ0v) is 18.6. The van der Waals surface area contributed by atoms with E-state index in [1.54, 1.807) is 0 Å². The third-order valence-electron chi connectivity index (χ3n) is 5.45. The summed E-state index contributed by atoms with van der Waals surface area (Å²) in [7, 11) is 0. The molecule has 0 aromatic heterocycles. The second kappa shape index (κ2) is 15.7. The van der Waals surface area contributed by atoms with E-state index >= 15 is 0 Å². The van der Waals surface area contributed by atoms with Crippen molar-refractivity contribution in [3.63, 3.8) is 0 Å². The fourth-order valence-electron chi connectivity index (χ4n) is 4.03. The molecule has 4 heteroatoms. The Kier molecular flexibility index (Phi) is 14.5. The Bertz CT molecular complexity index is 313. The summed E-state index contributed by atoms with van der Waals surface area (Å²) in [5.74, 6) is 0.0330. The van der Waals surface area contributed by atoms with Crippen LogP contribution in [0, 0.1) is 5.92 Å². The highest BCUT2D eigenvalue weighted by Crippen LogP contribution is 2.36. The molecule has 0 aromatic rings. The van der Waals surface area contributed by atoms with Crippen LogP contribution in [0.3, 0.4) is 0 Å². The van der Waals surface area contributed by atoms with Crippen LogP contribution in [0.1, 0.15) is 98.3 Å². The molecular formula is C23H46O4. The normalized spacial score (nSPS) is 18.0. The van der Waals surface area contributed by atoms with Gasteiger partial charge in [-0.3, -0.25) is 0 Å². The van der Waals surface area contributed by atoms with E-state index in [0.29, 0.717) is 25.2 Å². The molecule has 1 aliphatic rings. The number of unbranched alkanes of at least 4 members (excludes halogenated alkanes) is 5. The van der Waals surface area contributed by atoms with Crippen LogP contribution in [0.4, 0.5) is 0 Å². The molecule has 1 rings (SSSR count). The van der Waals surface area contributed by atoms with Crippen LogP contribution in [0.15, 0.2) is 0 Å². The average Bonchev–Trinajstić information content (AvgIpc) is 3.47. The summed E-state index contributed by atoms with van der Waals surface area (Å²) in [6.45, 7) is 12.5. The molecule has 0 aliphatic carbocycles. The van der Waals surface area contributed by atoms with Crippen LogP contribution in [0.2, 0.25) is 0 Å². The van der Waals surface area contributed by atoms with Crippen LogP contribution in [0.5, 0.6) is 0 Å². The molecule has 27 heavy (non-hydrogen) atoms. The van der Waals surface area contributed by atoms with E-state index in [-0.39, 0.29) is 0 Å². The maximum Gasteiger partial charge on any atom is 0.170 e. The number of hydrogen-bond acceptors (Lipinski definition) is 4. The molecule has 4 nitrogen and oxygen atoms in total. The first-order valence-electron chi connectivity index (χ1n) is 11.7. The average molecular weight is 387 g/mol. The second-order valence-electron chi connectivity index (χ2n) is 7.85. The Hall–Kier alpha value is -0.160. The first kappa shape index (κ1) is 24.9. The number of ether oxygens (including phenoxy) is 4. The monoisotopic (exact) mass is 386 g/mol. The molecule has 0 radical (unpaired) electrons. The summed E-state index contributed by atoms with van der Waals surface area (Å²) in [4.78, 5) is 0. The summed E-state index contributed by atoms with van der Waals surface area (Å²) in [6, 6.07) is 0. The predicted molar refractivity (Wildman–Crippen MR) is 112 cm³/mol. The van der Waals surface area contributed by atoms with E-state index in [1.165, 1.54) is 44.9 Å². The van der Waals surface area contributed by atoms with Gasteiger partial charge in [0.05, 0.1) is 13.2 Å². The molecule has 0 aromatic carbocycles. The zero-order chi connectivity index (χ0) is 19.8. The highest BCUT2D eigenvalue weighted by atomic mass is 16.7. The van der Waals surface area contributed by atoms with E-state index in [9.17, 15) is 0 Å². The lowest BCUT2D eigenvalue weighted by Crippen LogP contribution is -2.44. The van der Waals surface area contributed by atoms with Gasteiger partial charge in [-0.15, -0.1) is 0 Å². The van der Waals surface area contributed by atoms with Gasteiger partial charge in [-0.05, 0) is 33.1 Å². The van der Waals surface area contributed by atoms with Crippen LogP contribution < -0.4 is 0 Å². The molecule has 0 amide bonds. The number of epoxide rings is 1. The molecule has 1 heterocycles. The number of rotatable bonds is 20. The van der Waals surface area contributed by atoms with Crippen molar-refractivity contribution < 1.29 is 18.9 Å². The van der Waals surface area contributed by atoms with Gasteiger partial charge < -0.3 is 18.9 Å². The van der Waals surface area contributed by atoms with Gasteiger partial charge in [0.15, 0.2) is 5.79 Å². The first-order chi connectivity index (χ1) is 13.2. The Morgan fingerprint density at radius 1 is 0.852 bits per heavy atom. The Morgan fingerprint density at radius 3 is 2.07 bits per heavy atom. The van der Waals surface area contributed by atoms with Crippen molar-refractivity contribution in [3.8, 4) is 0 Å². The minimum atomic E-state index is -0.415. The molecule has 1 fully saturated rings. The highest BCUT2D eigenvalue weighted by Gasteiger charge is 2.39. The number of hydrogen-bond donors (Lipinski definition) is 0. The van der Waals surface area contributed by atoms with E-state index in [4.69, 9.17) is 18.9 Å². The topological polar surface area (TPSA) is 40.2 Å². The fraction of sp³-hybridized carbons (Fsp3) is 1.00. The lowest BCUT2D eigenvalue weighted by molar-refractivity contribution is -0.270. The van der Waals surface area contributed by atoms with Gasteiger partial charge in [-0.2, -0.15) is 0 Å². The van der Waals surface area contributed by atoms with Gasteiger partial charge in [-0.25, -0.2) is 0 Å². The molecule has 2 atom stereocenters. The smallest absolute Gasteiger partial charge is 0.170 e. The van der Waals surface area contributed by atoms with Gasteiger partial charge in [0.25, 0.3) is 0 Å². The van der Waals surface area contributed by atoms with Crippen molar-refractivity contribution in [1.82, 2.24) is 0 Å². The predicted octanol–water partition coefficient (Wildman–Crippen LogP) is 6.12. The summed E-state index contributed by atoms with van der Waals surface area (Å²) in [5.41, 5.74) is 0. The van der Waals surface area contributed by atoms with E-state index in [0.717, 1.165) is 45.5 Å². The van der Waals surface area contributed by atoms with E-state index in [2.05, 4.69) is 27.7 Å². The molecule has 1 aliphatic heterocycles. The van der Waals surface area contributed by atoms with Crippen molar-refractivity contribution in [1.29, 1.82) is 0 Å². The highest BCUT2D eigenvalue weighted by molar-refractivity contribution is 4.80. The molecule has 162 valence electrons. The van der Waals surface area contributed by atoms with E-state index in [1.807, 2.05) is 0 Å². The van der Waals surface area contributed by atoms with Crippen LogP contribution in [-0.4, -0.2) is 44.9 Å². The summed E-state index contributed by atoms with van der Waals surface area (Å²) < 4.78 is 23.6. The van der Waals surface area contributed by atoms with Gasteiger partial charge in [0, 0.05) is 32.2 Å². The van der Waals surface area contributed by atoms with Crippen molar-refractivity contribution in [2.24, 2.45) is 5.92 Å². The fourth-order valence-corrected chi connectivity index (χ4v) is 4.03. The second-order valence-corrected chi connectivity index (χ2v) is 7.85. The molecule has 0 spiro atoms. The zero-order valence-electron chi connectivity index (χ0n) is 18.6. The minimum absolute atomic E-state index is 0.356. The molecule has 0 bridgehead atoms. The van der Waals surface area contributed by atoms with Gasteiger partial charge in [0.2, 0.25) is 0 Å². The molecule has 1 saturated heterocycles. The maximum atomic E-state index is 6.29. The Labute approximate surface area is 168 Å². The van der Waals surface area contributed by atoms with Crippen molar-refractivity contribution >= 4 is 0 Å². The Morgan fingerprint density at radius 2 is 1.48 bits per heavy atom. The quantitative estimate of drug-likeness (QED) is 0.144.